The van der Waals surface area contributed by atoms with E-state index in [1.165, 1.54) is 6.92 Å². The molecular formula is C14H17F3N2O. The summed E-state index contributed by atoms with van der Waals surface area (Å²) >= 11 is 0. The highest BCUT2D eigenvalue weighted by molar-refractivity contribution is 5.87. The van der Waals surface area contributed by atoms with Gasteiger partial charge in [0, 0.05) is 6.04 Å². The van der Waals surface area contributed by atoms with Crippen LogP contribution in [0.25, 0.3) is 0 Å². The Bertz CT molecular complexity index is 481. The number of hydrogen-bond donors (Lipinski definition) is 1. The number of nitrogens with two attached hydrogens (primary N) is 1. The fourth-order valence-electron chi connectivity index (χ4n) is 2.15. The van der Waals surface area contributed by atoms with Crippen LogP contribution in [0.3, 0.4) is 0 Å². The van der Waals surface area contributed by atoms with Crippen molar-refractivity contribution in [1.82, 2.24) is 4.90 Å². The number of amides is 1. The third-order valence-corrected chi connectivity index (χ3v) is 3.42. The first-order valence-corrected chi connectivity index (χ1v) is 6.44. The second-order valence-electron chi connectivity index (χ2n) is 5.35. The highest BCUT2D eigenvalue weighted by Crippen LogP contribution is 2.33. The minimum atomic E-state index is -4.41. The van der Waals surface area contributed by atoms with Crippen LogP contribution in [0.5, 0.6) is 0 Å². The Morgan fingerprint density at radius 2 is 1.85 bits per heavy atom. The van der Waals surface area contributed by atoms with Crippen molar-refractivity contribution >= 4 is 5.91 Å². The van der Waals surface area contributed by atoms with E-state index in [0.717, 1.165) is 4.90 Å². The number of carbonyl (C=O) groups excluding carboxylic acids is 1. The summed E-state index contributed by atoms with van der Waals surface area (Å²) in [7, 11) is 0. The maximum atomic E-state index is 12.6. The van der Waals surface area contributed by atoms with Crippen LogP contribution in [0.15, 0.2) is 30.3 Å². The molecule has 6 heteroatoms. The molecule has 3 nitrogen and oxygen atoms in total. The number of rotatable bonds is 4. The van der Waals surface area contributed by atoms with Crippen LogP contribution in [0.1, 0.15) is 25.3 Å². The second kappa shape index (κ2) is 5.09. The van der Waals surface area contributed by atoms with Crippen molar-refractivity contribution in [2.75, 3.05) is 6.54 Å². The lowest BCUT2D eigenvalue weighted by Gasteiger charge is -2.32. The van der Waals surface area contributed by atoms with E-state index in [1.54, 1.807) is 30.3 Å². The number of halogens is 3. The third-order valence-electron chi connectivity index (χ3n) is 3.42. The van der Waals surface area contributed by atoms with E-state index in [1.807, 2.05) is 0 Å². The van der Waals surface area contributed by atoms with Crippen LogP contribution < -0.4 is 5.73 Å². The highest BCUT2D eigenvalue weighted by atomic mass is 19.4. The van der Waals surface area contributed by atoms with Gasteiger partial charge in [-0.3, -0.25) is 4.79 Å². The molecule has 1 aromatic rings. The summed E-state index contributed by atoms with van der Waals surface area (Å²) in [6.07, 6.45) is -3.20. The van der Waals surface area contributed by atoms with E-state index < -0.39 is 24.2 Å². The maximum Gasteiger partial charge on any atom is 0.406 e. The van der Waals surface area contributed by atoms with Crippen molar-refractivity contribution in [3.05, 3.63) is 35.9 Å². The molecule has 1 amide bonds. The highest BCUT2D eigenvalue weighted by Gasteiger charge is 2.45. The molecule has 2 rings (SSSR count). The van der Waals surface area contributed by atoms with E-state index in [4.69, 9.17) is 5.73 Å². The quantitative estimate of drug-likeness (QED) is 0.924. The fraction of sp³-hybridized carbons (Fsp3) is 0.500. The standard InChI is InChI=1S/C14H17F3N2O/c1-13(18,10-5-3-2-4-6-10)12(20)19(11-7-8-11)9-14(15,16)17/h2-6,11H,7-9,18H2,1H3. The first-order valence-electron chi connectivity index (χ1n) is 6.44. The molecule has 0 radical (unpaired) electrons. The number of carbonyl (C=O) groups is 1. The maximum absolute atomic E-state index is 12.6. The second-order valence-corrected chi connectivity index (χ2v) is 5.35. The molecule has 0 aliphatic heterocycles. The molecule has 1 fully saturated rings. The number of benzene rings is 1. The number of hydrogen-bond acceptors (Lipinski definition) is 2. The van der Waals surface area contributed by atoms with Gasteiger partial charge in [-0.05, 0) is 25.3 Å². The molecule has 1 aliphatic carbocycles. The fourth-order valence-corrected chi connectivity index (χ4v) is 2.15. The van der Waals surface area contributed by atoms with Gasteiger partial charge in [-0.2, -0.15) is 13.2 Å². The third kappa shape index (κ3) is 3.30. The van der Waals surface area contributed by atoms with Crippen LogP contribution in [0.4, 0.5) is 13.2 Å². The van der Waals surface area contributed by atoms with E-state index in [2.05, 4.69) is 0 Å². The first-order chi connectivity index (χ1) is 9.22. The molecule has 110 valence electrons. The van der Waals surface area contributed by atoms with Gasteiger partial charge in [0.15, 0.2) is 0 Å². The Kier molecular flexibility index (Phi) is 3.77. The van der Waals surface area contributed by atoms with E-state index in [9.17, 15) is 18.0 Å². The molecular weight excluding hydrogens is 269 g/mol. The Labute approximate surface area is 115 Å². The molecule has 1 aromatic carbocycles. The number of alkyl halides is 3. The minimum Gasteiger partial charge on any atom is -0.329 e. The zero-order chi connectivity index (χ0) is 15.0. The zero-order valence-electron chi connectivity index (χ0n) is 11.2. The Morgan fingerprint density at radius 1 is 1.30 bits per heavy atom. The summed E-state index contributed by atoms with van der Waals surface area (Å²) in [6, 6.07) is 8.14. The van der Waals surface area contributed by atoms with E-state index >= 15 is 0 Å². The average molecular weight is 286 g/mol. The van der Waals surface area contributed by atoms with Gasteiger partial charge in [-0.1, -0.05) is 30.3 Å². The van der Waals surface area contributed by atoms with Crippen molar-refractivity contribution in [3.8, 4) is 0 Å². The first kappa shape index (κ1) is 14.8. The molecule has 1 aliphatic rings. The molecule has 1 saturated carbocycles. The molecule has 1 atom stereocenters. The van der Waals surface area contributed by atoms with Crippen LogP contribution in [0.2, 0.25) is 0 Å². The van der Waals surface area contributed by atoms with Gasteiger partial charge in [0.25, 0.3) is 0 Å². The SMILES string of the molecule is CC(N)(C(=O)N(CC(F)(F)F)C1CC1)c1ccccc1. The van der Waals surface area contributed by atoms with Gasteiger partial charge in [-0.15, -0.1) is 0 Å². The minimum absolute atomic E-state index is 0.337. The van der Waals surface area contributed by atoms with Crippen molar-refractivity contribution in [3.63, 3.8) is 0 Å². The Hall–Kier alpha value is -1.56. The van der Waals surface area contributed by atoms with Gasteiger partial charge in [-0.25, -0.2) is 0 Å². The van der Waals surface area contributed by atoms with E-state index in [0.29, 0.717) is 18.4 Å². The smallest absolute Gasteiger partial charge is 0.329 e. The molecule has 2 N–H and O–H groups in total. The molecule has 0 saturated heterocycles. The van der Waals surface area contributed by atoms with Crippen LogP contribution in [0, 0.1) is 0 Å². The predicted molar refractivity (Wildman–Crippen MR) is 68.8 cm³/mol. The molecule has 0 heterocycles. The molecule has 1 unspecified atom stereocenters. The topological polar surface area (TPSA) is 46.3 Å². The summed E-state index contributed by atoms with van der Waals surface area (Å²) < 4.78 is 37.8. The summed E-state index contributed by atoms with van der Waals surface area (Å²) in [5, 5.41) is 0. The normalized spacial score (nSPS) is 18.4. The molecule has 0 spiro atoms. The largest absolute Gasteiger partial charge is 0.406 e. The monoisotopic (exact) mass is 286 g/mol. The van der Waals surface area contributed by atoms with Crippen molar-refractivity contribution in [2.45, 2.75) is 37.5 Å². The van der Waals surface area contributed by atoms with Gasteiger partial charge < -0.3 is 10.6 Å². The summed E-state index contributed by atoms with van der Waals surface area (Å²) in [5.74, 6) is -0.677. The summed E-state index contributed by atoms with van der Waals surface area (Å²) in [5.41, 5.74) is 5.07. The van der Waals surface area contributed by atoms with Crippen molar-refractivity contribution in [1.29, 1.82) is 0 Å². The van der Waals surface area contributed by atoms with Crippen molar-refractivity contribution < 1.29 is 18.0 Å². The average Bonchev–Trinajstić information content (AvgIpc) is 3.19. The summed E-state index contributed by atoms with van der Waals surface area (Å²) in [6.45, 7) is 0.215. The number of nitrogens with zero attached hydrogens (tertiary/aromatic N) is 1. The van der Waals surface area contributed by atoms with Crippen molar-refractivity contribution in [2.24, 2.45) is 5.73 Å². The lowest BCUT2D eigenvalue weighted by atomic mass is 9.91. The van der Waals surface area contributed by atoms with Gasteiger partial charge >= 0.3 is 6.18 Å². The van der Waals surface area contributed by atoms with Crippen LogP contribution >= 0.6 is 0 Å². The molecule has 0 bridgehead atoms. The summed E-state index contributed by atoms with van der Waals surface area (Å²) in [4.78, 5) is 13.3. The van der Waals surface area contributed by atoms with Crippen LogP contribution in [-0.2, 0) is 10.3 Å². The Balaban J connectivity index is 2.23. The van der Waals surface area contributed by atoms with Crippen LogP contribution in [-0.4, -0.2) is 29.6 Å². The lowest BCUT2D eigenvalue weighted by Crippen LogP contribution is -2.53. The molecule has 20 heavy (non-hydrogen) atoms. The molecule has 0 aromatic heterocycles. The van der Waals surface area contributed by atoms with Gasteiger partial charge in [0.2, 0.25) is 5.91 Å². The van der Waals surface area contributed by atoms with Gasteiger partial charge in [0.05, 0.1) is 0 Å². The Morgan fingerprint density at radius 3 is 2.30 bits per heavy atom. The van der Waals surface area contributed by atoms with Gasteiger partial charge in [0.1, 0.15) is 12.1 Å². The predicted octanol–water partition coefficient (Wildman–Crippen LogP) is 2.41. The lowest BCUT2D eigenvalue weighted by molar-refractivity contribution is -0.165. The van der Waals surface area contributed by atoms with E-state index in [-0.39, 0.29) is 6.04 Å². The zero-order valence-corrected chi connectivity index (χ0v) is 11.2.